The fourth-order valence-electron chi connectivity index (χ4n) is 1.85. The molecule has 0 radical (unpaired) electrons. The van der Waals surface area contributed by atoms with E-state index in [0.29, 0.717) is 11.6 Å². The molecule has 0 fully saturated rings. The number of anilines is 3. The highest BCUT2D eigenvalue weighted by molar-refractivity contribution is 5.64. The van der Waals surface area contributed by atoms with E-state index in [0.717, 1.165) is 23.5 Å². The summed E-state index contributed by atoms with van der Waals surface area (Å²) in [7, 11) is 0. The predicted molar refractivity (Wildman–Crippen MR) is 78.4 cm³/mol. The highest BCUT2D eigenvalue weighted by Crippen LogP contribution is 2.23. The largest absolute Gasteiger partial charge is 0.340 e. The van der Waals surface area contributed by atoms with Crippen molar-refractivity contribution in [3.05, 3.63) is 41.2 Å². The molecule has 2 aromatic rings. The molecule has 0 amide bonds. The zero-order chi connectivity index (χ0) is 13.8. The predicted octanol–water partition coefficient (Wildman–Crippen LogP) is 2.69. The summed E-state index contributed by atoms with van der Waals surface area (Å²) in [4.78, 5) is 8.64. The summed E-state index contributed by atoms with van der Waals surface area (Å²) >= 11 is 0. The first kappa shape index (κ1) is 13.3. The smallest absolute Gasteiger partial charge is 0.148 e. The van der Waals surface area contributed by atoms with Crippen LogP contribution in [0, 0.1) is 13.8 Å². The third-order valence-corrected chi connectivity index (χ3v) is 3.02. The van der Waals surface area contributed by atoms with E-state index in [1.807, 2.05) is 26.0 Å². The second-order valence-electron chi connectivity index (χ2n) is 4.41. The van der Waals surface area contributed by atoms with Gasteiger partial charge in [-0.3, -0.25) is 0 Å². The molecule has 0 spiro atoms. The molecule has 1 aromatic carbocycles. The standard InChI is InChI=1S/C14H19N5/c1-4-11-5-7-12(8-6-11)18-13-9(2)14(19-15)17-10(3)16-13/h5-8H,4,15H2,1-3H3,(H2,16,17,18,19). The quantitative estimate of drug-likeness (QED) is 0.580. The molecule has 0 aliphatic heterocycles. The number of nitrogens with one attached hydrogen (secondary N) is 2. The highest BCUT2D eigenvalue weighted by atomic mass is 15.3. The molecule has 0 saturated heterocycles. The maximum atomic E-state index is 5.45. The third kappa shape index (κ3) is 3.00. The van der Waals surface area contributed by atoms with Gasteiger partial charge < -0.3 is 10.7 Å². The van der Waals surface area contributed by atoms with E-state index in [1.54, 1.807) is 0 Å². The van der Waals surface area contributed by atoms with Crippen LogP contribution in [0.25, 0.3) is 0 Å². The Kier molecular flexibility index (Phi) is 3.97. The topological polar surface area (TPSA) is 75.9 Å². The molecular formula is C14H19N5. The number of hydrazine groups is 1. The average Bonchev–Trinajstić information content (AvgIpc) is 2.43. The van der Waals surface area contributed by atoms with Crippen LogP contribution in [-0.4, -0.2) is 9.97 Å². The lowest BCUT2D eigenvalue weighted by Gasteiger charge is -2.12. The highest BCUT2D eigenvalue weighted by Gasteiger charge is 2.08. The Morgan fingerprint density at radius 1 is 1.05 bits per heavy atom. The van der Waals surface area contributed by atoms with Gasteiger partial charge in [-0.2, -0.15) is 0 Å². The van der Waals surface area contributed by atoms with Crippen molar-refractivity contribution in [3.8, 4) is 0 Å². The first-order chi connectivity index (χ1) is 9.13. The number of hydrogen-bond acceptors (Lipinski definition) is 5. The SMILES string of the molecule is CCc1ccc(Nc2nc(C)nc(NN)c2C)cc1. The summed E-state index contributed by atoms with van der Waals surface area (Å²) in [6.07, 6.45) is 1.03. The van der Waals surface area contributed by atoms with Crippen molar-refractivity contribution >= 4 is 17.3 Å². The van der Waals surface area contributed by atoms with Gasteiger partial charge in [-0.25, -0.2) is 15.8 Å². The van der Waals surface area contributed by atoms with Crippen molar-refractivity contribution in [3.63, 3.8) is 0 Å². The van der Waals surface area contributed by atoms with E-state index < -0.39 is 0 Å². The van der Waals surface area contributed by atoms with Crippen LogP contribution in [0.3, 0.4) is 0 Å². The Labute approximate surface area is 113 Å². The maximum Gasteiger partial charge on any atom is 0.148 e. The Bertz CT molecular complexity index is 563. The number of aromatic nitrogens is 2. The Morgan fingerprint density at radius 3 is 2.26 bits per heavy atom. The van der Waals surface area contributed by atoms with Crippen LogP contribution in [-0.2, 0) is 6.42 Å². The number of nitrogen functional groups attached to an aromatic ring is 1. The zero-order valence-corrected chi connectivity index (χ0v) is 11.5. The lowest BCUT2D eigenvalue weighted by molar-refractivity contribution is 1.03. The van der Waals surface area contributed by atoms with Crippen molar-refractivity contribution in [2.75, 3.05) is 10.7 Å². The normalized spacial score (nSPS) is 10.3. The van der Waals surface area contributed by atoms with Crippen LogP contribution in [0.2, 0.25) is 0 Å². The molecule has 1 heterocycles. The van der Waals surface area contributed by atoms with Crippen LogP contribution in [0.15, 0.2) is 24.3 Å². The van der Waals surface area contributed by atoms with Crippen LogP contribution in [0.4, 0.5) is 17.3 Å². The second-order valence-corrected chi connectivity index (χ2v) is 4.41. The summed E-state index contributed by atoms with van der Waals surface area (Å²) in [5, 5.41) is 3.29. The third-order valence-electron chi connectivity index (χ3n) is 3.02. The molecule has 5 heteroatoms. The number of nitrogens with two attached hydrogens (primary N) is 1. The summed E-state index contributed by atoms with van der Waals surface area (Å²) in [5.74, 6) is 7.53. The fraction of sp³-hybridized carbons (Fsp3) is 0.286. The number of rotatable bonds is 4. The minimum atomic E-state index is 0.639. The summed E-state index contributed by atoms with van der Waals surface area (Å²) < 4.78 is 0. The van der Waals surface area contributed by atoms with E-state index in [-0.39, 0.29) is 0 Å². The van der Waals surface area contributed by atoms with Gasteiger partial charge in [-0.05, 0) is 38.0 Å². The molecule has 0 atom stereocenters. The first-order valence-corrected chi connectivity index (χ1v) is 6.32. The second kappa shape index (κ2) is 5.67. The van der Waals surface area contributed by atoms with Gasteiger partial charge in [0.25, 0.3) is 0 Å². The fourth-order valence-corrected chi connectivity index (χ4v) is 1.85. The van der Waals surface area contributed by atoms with E-state index in [4.69, 9.17) is 5.84 Å². The van der Waals surface area contributed by atoms with Crippen molar-refractivity contribution < 1.29 is 0 Å². The summed E-state index contributed by atoms with van der Waals surface area (Å²) in [5.41, 5.74) is 5.80. The molecule has 100 valence electrons. The van der Waals surface area contributed by atoms with Gasteiger partial charge in [0.05, 0.1) is 0 Å². The molecule has 0 aliphatic carbocycles. The van der Waals surface area contributed by atoms with Crippen LogP contribution >= 0.6 is 0 Å². The summed E-state index contributed by atoms with van der Waals surface area (Å²) in [6.45, 7) is 5.91. The van der Waals surface area contributed by atoms with Crippen LogP contribution < -0.4 is 16.6 Å². The van der Waals surface area contributed by atoms with Crippen molar-refractivity contribution in [2.45, 2.75) is 27.2 Å². The molecule has 0 unspecified atom stereocenters. The van der Waals surface area contributed by atoms with E-state index in [2.05, 4.69) is 39.8 Å². The molecule has 5 nitrogen and oxygen atoms in total. The van der Waals surface area contributed by atoms with Gasteiger partial charge in [-0.15, -0.1) is 0 Å². The minimum Gasteiger partial charge on any atom is -0.340 e. The van der Waals surface area contributed by atoms with E-state index in [9.17, 15) is 0 Å². The molecule has 2 rings (SSSR count). The zero-order valence-electron chi connectivity index (χ0n) is 11.5. The van der Waals surface area contributed by atoms with Crippen LogP contribution in [0.1, 0.15) is 23.9 Å². The number of aryl methyl sites for hydroxylation is 2. The lowest BCUT2D eigenvalue weighted by atomic mass is 10.1. The van der Waals surface area contributed by atoms with Gasteiger partial charge in [0.1, 0.15) is 17.5 Å². The van der Waals surface area contributed by atoms with E-state index >= 15 is 0 Å². The molecule has 1 aromatic heterocycles. The molecular weight excluding hydrogens is 238 g/mol. The molecule has 4 N–H and O–H groups in total. The number of hydrogen-bond donors (Lipinski definition) is 3. The maximum absolute atomic E-state index is 5.45. The molecule has 0 aliphatic rings. The monoisotopic (exact) mass is 257 g/mol. The van der Waals surface area contributed by atoms with Crippen molar-refractivity contribution in [1.29, 1.82) is 0 Å². The Hall–Kier alpha value is -2.14. The Balaban J connectivity index is 2.29. The number of nitrogens with zero attached hydrogens (tertiary/aromatic N) is 2. The van der Waals surface area contributed by atoms with Crippen molar-refractivity contribution in [2.24, 2.45) is 5.84 Å². The van der Waals surface area contributed by atoms with Crippen LogP contribution in [0.5, 0.6) is 0 Å². The van der Waals surface area contributed by atoms with Crippen molar-refractivity contribution in [1.82, 2.24) is 9.97 Å². The summed E-state index contributed by atoms with van der Waals surface area (Å²) in [6, 6.07) is 8.30. The Morgan fingerprint density at radius 2 is 1.68 bits per heavy atom. The van der Waals surface area contributed by atoms with Gasteiger partial charge in [0.2, 0.25) is 0 Å². The van der Waals surface area contributed by atoms with E-state index in [1.165, 1.54) is 5.56 Å². The average molecular weight is 257 g/mol. The molecule has 0 bridgehead atoms. The first-order valence-electron chi connectivity index (χ1n) is 6.32. The van der Waals surface area contributed by atoms with Gasteiger partial charge >= 0.3 is 0 Å². The molecule has 0 saturated carbocycles. The lowest BCUT2D eigenvalue weighted by Crippen LogP contribution is -2.13. The molecule has 19 heavy (non-hydrogen) atoms. The van der Waals surface area contributed by atoms with Gasteiger partial charge in [0, 0.05) is 11.3 Å². The number of benzene rings is 1. The minimum absolute atomic E-state index is 0.639. The van der Waals surface area contributed by atoms with Gasteiger partial charge in [0.15, 0.2) is 0 Å². The van der Waals surface area contributed by atoms with Gasteiger partial charge in [-0.1, -0.05) is 19.1 Å².